The third kappa shape index (κ3) is 4.59. The SMILES string of the molecule is C[C@H](O)CN(CC(=O)N1CC[C@@H](C)Sc2ccccc21)c1ccccc1. The van der Waals surface area contributed by atoms with Crippen molar-refractivity contribution in [3.63, 3.8) is 0 Å². The number of anilines is 2. The Morgan fingerprint density at radius 3 is 2.65 bits per heavy atom. The first-order chi connectivity index (χ1) is 12.5. The number of hydrogen-bond donors (Lipinski definition) is 1. The van der Waals surface area contributed by atoms with Gasteiger partial charge in [0.05, 0.1) is 18.3 Å². The predicted octanol–water partition coefficient (Wildman–Crippen LogP) is 3.79. The molecule has 2 aromatic carbocycles. The zero-order valence-electron chi connectivity index (χ0n) is 15.3. The molecule has 0 spiro atoms. The summed E-state index contributed by atoms with van der Waals surface area (Å²) in [7, 11) is 0. The van der Waals surface area contributed by atoms with Gasteiger partial charge in [-0.05, 0) is 37.6 Å². The fraction of sp³-hybridized carbons (Fsp3) is 0.381. The molecule has 4 nitrogen and oxygen atoms in total. The van der Waals surface area contributed by atoms with Gasteiger partial charge in [-0.1, -0.05) is 37.3 Å². The lowest BCUT2D eigenvalue weighted by molar-refractivity contribution is -0.117. The monoisotopic (exact) mass is 370 g/mol. The minimum absolute atomic E-state index is 0.0663. The highest BCUT2D eigenvalue weighted by Crippen LogP contribution is 2.37. The molecule has 138 valence electrons. The number of para-hydroxylation sites is 2. The lowest BCUT2D eigenvalue weighted by Crippen LogP contribution is -2.43. The Kier molecular flexibility index (Phi) is 6.22. The molecule has 0 saturated heterocycles. The first-order valence-corrected chi connectivity index (χ1v) is 9.96. The Morgan fingerprint density at radius 1 is 1.23 bits per heavy atom. The van der Waals surface area contributed by atoms with Crippen molar-refractivity contribution in [3.8, 4) is 0 Å². The van der Waals surface area contributed by atoms with Crippen LogP contribution in [-0.2, 0) is 4.79 Å². The number of hydrogen-bond acceptors (Lipinski definition) is 4. The number of thioether (sulfide) groups is 1. The van der Waals surface area contributed by atoms with E-state index >= 15 is 0 Å². The molecule has 1 N–H and O–H groups in total. The maximum absolute atomic E-state index is 13.2. The van der Waals surface area contributed by atoms with Gasteiger partial charge >= 0.3 is 0 Å². The van der Waals surface area contributed by atoms with E-state index in [2.05, 4.69) is 13.0 Å². The van der Waals surface area contributed by atoms with Crippen LogP contribution in [0.15, 0.2) is 59.5 Å². The molecular weight excluding hydrogens is 344 g/mol. The number of aliphatic hydroxyl groups excluding tert-OH is 1. The van der Waals surface area contributed by atoms with Crippen LogP contribution < -0.4 is 9.80 Å². The lowest BCUT2D eigenvalue weighted by atomic mass is 10.2. The molecule has 2 aromatic rings. The normalized spacial score (nSPS) is 18.0. The molecule has 0 saturated carbocycles. The largest absolute Gasteiger partial charge is 0.392 e. The van der Waals surface area contributed by atoms with Crippen molar-refractivity contribution in [2.45, 2.75) is 36.5 Å². The van der Waals surface area contributed by atoms with Gasteiger partial charge < -0.3 is 14.9 Å². The second kappa shape index (κ2) is 8.60. The summed E-state index contributed by atoms with van der Waals surface area (Å²) in [5, 5.41) is 10.4. The minimum atomic E-state index is -0.505. The van der Waals surface area contributed by atoms with E-state index in [-0.39, 0.29) is 12.5 Å². The molecule has 3 rings (SSSR count). The van der Waals surface area contributed by atoms with Gasteiger partial charge in [-0.25, -0.2) is 0 Å². The van der Waals surface area contributed by atoms with Crippen LogP contribution in [0, 0.1) is 0 Å². The fourth-order valence-corrected chi connectivity index (χ4v) is 4.33. The van der Waals surface area contributed by atoms with E-state index in [0.717, 1.165) is 29.2 Å². The van der Waals surface area contributed by atoms with Crippen LogP contribution in [0.1, 0.15) is 20.3 Å². The Hall–Kier alpha value is -1.98. The van der Waals surface area contributed by atoms with Gasteiger partial charge in [-0.15, -0.1) is 11.8 Å². The number of fused-ring (bicyclic) bond motifs is 1. The van der Waals surface area contributed by atoms with Crippen LogP contribution in [-0.4, -0.2) is 42.0 Å². The van der Waals surface area contributed by atoms with Crippen LogP contribution in [0.4, 0.5) is 11.4 Å². The van der Waals surface area contributed by atoms with Crippen molar-refractivity contribution in [2.75, 3.05) is 29.4 Å². The number of aliphatic hydroxyl groups is 1. The number of amides is 1. The third-order valence-electron chi connectivity index (χ3n) is 4.48. The second-order valence-corrected chi connectivity index (χ2v) is 8.28. The standard InChI is InChI=1S/C21H26N2O2S/c1-16(24)14-22(18-8-4-3-5-9-18)15-21(25)23-13-12-17(2)26-20-11-7-6-10-19(20)23/h3-11,16-17,24H,12-15H2,1-2H3/t16-,17+/m0/s1. The summed E-state index contributed by atoms with van der Waals surface area (Å²) in [5.74, 6) is 0.0663. The molecule has 2 atom stereocenters. The highest BCUT2D eigenvalue weighted by molar-refractivity contribution is 8.00. The van der Waals surface area contributed by atoms with Crippen molar-refractivity contribution in [3.05, 3.63) is 54.6 Å². The molecule has 1 amide bonds. The van der Waals surface area contributed by atoms with Crippen molar-refractivity contribution < 1.29 is 9.90 Å². The van der Waals surface area contributed by atoms with Crippen LogP contribution in [0.2, 0.25) is 0 Å². The fourth-order valence-electron chi connectivity index (χ4n) is 3.21. The van der Waals surface area contributed by atoms with E-state index in [0.29, 0.717) is 11.8 Å². The van der Waals surface area contributed by atoms with Gasteiger partial charge in [0.15, 0.2) is 0 Å². The smallest absolute Gasteiger partial charge is 0.246 e. The van der Waals surface area contributed by atoms with Crippen molar-refractivity contribution >= 4 is 29.0 Å². The summed E-state index contributed by atoms with van der Waals surface area (Å²) in [5.41, 5.74) is 1.95. The number of carbonyl (C=O) groups is 1. The van der Waals surface area contributed by atoms with Gasteiger partial charge in [-0.3, -0.25) is 4.79 Å². The molecule has 0 radical (unpaired) electrons. The highest BCUT2D eigenvalue weighted by atomic mass is 32.2. The lowest BCUT2D eigenvalue weighted by Gasteiger charge is -2.29. The van der Waals surface area contributed by atoms with E-state index in [1.54, 1.807) is 6.92 Å². The number of benzene rings is 2. The molecule has 1 heterocycles. The maximum atomic E-state index is 13.2. The van der Waals surface area contributed by atoms with Gasteiger partial charge in [0.25, 0.3) is 0 Å². The van der Waals surface area contributed by atoms with Crippen molar-refractivity contribution in [1.29, 1.82) is 0 Å². The summed E-state index contributed by atoms with van der Waals surface area (Å²) in [4.78, 5) is 18.2. The minimum Gasteiger partial charge on any atom is -0.392 e. The molecule has 1 aliphatic rings. The van der Waals surface area contributed by atoms with Crippen LogP contribution in [0.5, 0.6) is 0 Å². The summed E-state index contributed by atoms with van der Waals surface area (Å²) >= 11 is 1.83. The van der Waals surface area contributed by atoms with E-state index in [1.165, 1.54) is 0 Å². The van der Waals surface area contributed by atoms with Gasteiger partial charge in [0.2, 0.25) is 5.91 Å². The average molecular weight is 371 g/mol. The number of rotatable bonds is 5. The first-order valence-electron chi connectivity index (χ1n) is 9.08. The van der Waals surface area contributed by atoms with Crippen LogP contribution in [0.3, 0.4) is 0 Å². The number of nitrogens with zero attached hydrogens (tertiary/aromatic N) is 2. The molecular formula is C21H26N2O2S. The van der Waals surface area contributed by atoms with Gasteiger partial charge in [-0.2, -0.15) is 0 Å². The van der Waals surface area contributed by atoms with Gasteiger partial charge in [0, 0.05) is 28.9 Å². The zero-order valence-corrected chi connectivity index (χ0v) is 16.2. The molecule has 0 aliphatic carbocycles. The molecule has 5 heteroatoms. The zero-order chi connectivity index (χ0) is 18.5. The van der Waals surface area contributed by atoms with Gasteiger partial charge in [0.1, 0.15) is 0 Å². The topological polar surface area (TPSA) is 43.8 Å². The Morgan fingerprint density at radius 2 is 1.92 bits per heavy atom. The Balaban J connectivity index is 1.83. The summed E-state index contributed by atoms with van der Waals surface area (Å²) in [6, 6.07) is 17.9. The van der Waals surface area contributed by atoms with E-state index in [4.69, 9.17) is 0 Å². The molecule has 1 aliphatic heterocycles. The maximum Gasteiger partial charge on any atom is 0.246 e. The third-order valence-corrected chi connectivity index (χ3v) is 5.71. The molecule has 0 unspecified atom stereocenters. The quantitative estimate of drug-likeness (QED) is 0.870. The van der Waals surface area contributed by atoms with Crippen molar-refractivity contribution in [1.82, 2.24) is 0 Å². The number of carbonyl (C=O) groups excluding carboxylic acids is 1. The summed E-state index contributed by atoms with van der Waals surface area (Å²) in [6.45, 7) is 5.36. The summed E-state index contributed by atoms with van der Waals surface area (Å²) in [6.07, 6.45) is 0.460. The van der Waals surface area contributed by atoms with E-state index in [1.807, 2.05) is 70.1 Å². The Bertz CT molecular complexity index is 736. The van der Waals surface area contributed by atoms with Crippen molar-refractivity contribution in [2.24, 2.45) is 0 Å². The average Bonchev–Trinajstić information content (AvgIpc) is 2.79. The predicted molar refractivity (Wildman–Crippen MR) is 109 cm³/mol. The first kappa shape index (κ1) is 18.8. The second-order valence-electron chi connectivity index (χ2n) is 6.80. The van der Waals surface area contributed by atoms with Crippen LogP contribution >= 0.6 is 11.8 Å². The molecule has 26 heavy (non-hydrogen) atoms. The van der Waals surface area contributed by atoms with Crippen LogP contribution in [0.25, 0.3) is 0 Å². The Labute approximate surface area is 159 Å². The summed E-state index contributed by atoms with van der Waals surface area (Å²) < 4.78 is 0. The van der Waals surface area contributed by atoms with E-state index in [9.17, 15) is 9.90 Å². The highest BCUT2D eigenvalue weighted by Gasteiger charge is 2.25. The molecule has 0 bridgehead atoms. The molecule has 0 fully saturated rings. The van der Waals surface area contributed by atoms with E-state index < -0.39 is 6.10 Å². The molecule has 0 aromatic heterocycles.